The Bertz CT molecular complexity index is 261. The predicted octanol–water partition coefficient (Wildman–Crippen LogP) is 1.21. The van der Waals surface area contributed by atoms with Gasteiger partial charge in [0.1, 0.15) is 0 Å². The van der Waals surface area contributed by atoms with E-state index in [1.54, 1.807) is 6.07 Å². The molecule has 0 saturated carbocycles. The average molecular weight is 195 g/mol. The second-order valence-corrected chi connectivity index (χ2v) is 3.32. The highest BCUT2D eigenvalue weighted by molar-refractivity contribution is 5.35. The molecule has 1 rings (SSSR count). The zero-order valence-electron chi connectivity index (χ0n) is 8.77. The lowest BCUT2D eigenvalue weighted by atomic mass is 10.3. The third-order valence-electron chi connectivity index (χ3n) is 2.11. The maximum atomic E-state index is 8.79. The molecule has 0 aromatic carbocycles. The summed E-state index contributed by atoms with van der Waals surface area (Å²) in [6.07, 6.45) is 2.33. The Kier molecular flexibility index (Phi) is 4.32. The molecule has 0 fully saturated rings. The van der Waals surface area contributed by atoms with Gasteiger partial charge in [-0.2, -0.15) is 5.10 Å². The van der Waals surface area contributed by atoms with Crippen molar-refractivity contribution < 1.29 is 5.11 Å². The van der Waals surface area contributed by atoms with Crippen LogP contribution in [0.5, 0.6) is 0 Å². The number of unbranched alkanes of at least 4 members (excludes halogenated alkanes) is 1. The van der Waals surface area contributed by atoms with E-state index in [-0.39, 0.29) is 6.61 Å². The Labute approximate surface area is 84.6 Å². The van der Waals surface area contributed by atoms with Gasteiger partial charge in [-0.3, -0.25) is 0 Å². The lowest BCUT2D eigenvalue weighted by Crippen LogP contribution is -2.20. The van der Waals surface area contributed by atoms with Crippen LogP contribution in [0.1, 0.15) is 25.5 Å². The zero-order chi connectivity index (χ0) is 10.4. The molecule has 1 aromatic heterocycles. The van der Waals surface area contributed by atoms with Crippen LogP contribution in [0.4, 0.5) is 5.82 Å². The van der Waals surface area contributed by atoms with Crippen LogP contribution in [-0.4, -0.2) is 28.9 Å². The van der Waals surface area contributed by atoms with Crippen molar-refractivity contribution in [2.45, 2.75) is 26.4 Å². The maximum Gasteiger partial charge on any atom is 0.150 e. The summed E-state index contributed by atoms with van der Waals surface area (Å²) < 4.78 is 0. The van der Waals surface area contributed by atoms with Crippen LogP contribution in [0.15, 0.2) is 12.1 Å². The number of hydrogen-bond acceptors (Lipinski definition) is 4. The third kappa shape index (κ3) is 2.96. The molecule has 0 bridgehead atoms. The highest BCUT2D eigenvalue weighted by Gasteiger charge is 2.01. The molecule has 1 heterocycles. The quantitative estimate of drug-likeness (QED) is 0.767. The first-order valence-electron chi connectivity index (χ1n) is 4.92. The van der Waals surface area contributed by atoms with E-state index in [1.807, 2.05) is 13.1 Å². The van der Waals surface area contributed by atoms with Crippen LogP contribution < -0.4 is 4.90 Å². The average Bonchev–Trinajstić information content (AvgIpc) is 2.26. The SMILES string of the molecule is CCCCN(C)c1ccc(CO)nn1. The number of aliphatic hydroxyl groups is 1. The summed E-state index contributed by atoms with van der Waals surface area (Å²) in [5, 5.41) is 16.7. The van der Waals surface area contributed by atoms with Gasteiger partial charge in [-0.25, -0.2) is 0 Å². The van der Waals surface area contributed by atoms with E-state index in [2.05, 4.69) is 22.0 Å². The summed E-state index contributed by atoms with van der Waals surface area (Å²) in [6, 6.07) is 3.68. The van der Waals surface area contributed by atoms with Crippen molar-refractivity contribution in [1.29, 1.82) is 0 Å². The molecule has 0 radical (unpaired) electrons. The number of hydrogen-bond donors (Lipinski definition) is 1. The largest absolute Gasteiger partial charge is 0.390 e. The minimum atomic E-state index is -0.0496. The monoisotopic (exact) mass is 195 g/mol. The van der Waals surface area contributed by atoms with Crippen molar-refractivity contribution in [1.82, 2.24) is 10.2 Å². The first kappa shape index (κ1) is 10.9. The second kappa shape index (κ2) is 5.54. The summed E-state index contributed by atoms with van der Waals surface area (Å²) in [7, 11) is 2.00. The van der Waals surface area contributed by atoms with Crippen LogP contribution >= 0.6 is 0 Å². The van der Waals surface area contributed by atoms with Gasteiger partial charge in [0.2, 0.25) is 0 Å². The van der Waals surface area contributed by atoms with Crippen molar-refractivity contribution in [3.05, 3.63) is 17.8 Å². The van der Waals surface area contributed by atoms with E-state index in [0.29, 0.717) is 5.69 Å². The van der Waals surface area contributed by atoms with Crippen LogP contribution in [0.25, 0.3) is 0 Å². The molecule has 0 saturated heterocycles. The van der Waals surface area contributed by atoms with Crippen molar-refractivity contribution in [3.8, 4) is 0 Å². The van der Waals surface area contributed by atoms with Crippen LogP contribution in [-0.2, 0) is 6.61 Å². The lowest BCUT2D eigenvalue weighted by Gasteiger charge is -2.16. The van der Waals surface area contributed by atoms with Gasteiger partial charge < -0.3 is 10.0 Å². The van der Waals surface area contributed by atoms with E-state index in [4.69, 9.17) is 5.11 Å². The van der Waals surface area contributed by atoms with Gasteiger partial charge >= 0.3 is 0 Å². The smallest absolute Gasteiger partial charge is 0.150 e. The molecule has 0 aliphatic carbocycles. The molecular weight excluding hydrogens is 178 g/mol. The van der Waals surface area contributed by atoms with Gasteiger partial charge in [0, 0.05) is 13.6 Å². The van der Waals surface area contributed by atoms with E-state index in [0.717, 1.165) is 18.8 Å². The first-order chi connectivity index (χ1) is 6.77. The van der Waals surface area contributed by atoms with Crippen molar-refractivity contribution in [2.75, 3.05) is 18.5 Å². The van der Waals surface area contributed by atoms with E-state index < -0.39 is 0 Å². The molecule has 14 heavy (non-hydrogen) atoms. The fourth-order valence-electron chi connectivity index (χ4n) is 1.15. The molecule has 4 nitrogen and oxygen atoms in total. The molecule has 0 atom stereocenters. The Balaban J connectivity index is 2.57. The summed E-state index contributed by atoms with van der Waals surface area (Å²) in [4.78, 5) is 2.07. The Morgan fingerprint density at radius 3 is 2.64 bits per heavy atom. The summed E-state index contributed by atoms with van der Waals surface area (Å²) >= 11 is 0. The second-order valence-electron chi connectivity index (χ2n) is 3.32. The van der Waals surface area contributed by atoms with Gasteiger partial charge in [-0.15, -0.1) is 5.10 Å². The molecule has 1 N–H and O–H groups in total. The van der Waals surface area contributed by atoms with Crippen LogP contribution in [0.3, 0.4) is 0 Å². The van der Waals surface area contributed by atoms with Gasteiger partial charge in [0.15, 0.2) is 5.82 Å². The summed E-state index contributed by atoms with van der Waals surface area (Å²) in [6.45, 7) is 3.10. The molecule has 0 amide bonds. The normalized spacial score (nSPS) is 10.2. The highest BCUT2D eigenvalue weighted by atomic mass is 16.3. The molecule has 0 aliphatic heterocycles. The molecule has 0 unspecified atom stereocenters. The van der Waals surface area contributed by atoms with E-state index >= 15 is 0 Å². The van der Waals surface area contributed by atoms with E-state index in [9.17, 15) is 0 Å². The maximum absolute atomic E-state index is 8.79. The van der Waals surface area contributed by atoms with E-state index in [1.165, 1.54) is 6.42 Å². The predicted molar refractivity (Wildman–Crippen MR) is 56.1 cm³/mol. The van der Waals surface area contributed by atoms with Crippen molar-refractivity contribution >= 4 is 5.82 Å². The Morgan fingerprint density at radius 1 is 1.36 bits per heavy atom. The third-order valence-corrected chi connectivity index (χ3v) is 2.11. The molecule has 1 aromatic rings. The number of aromatic nitrogens is 2. The fraction of sp³-hybridized carbons (Fsp3) is 0.600. The van der Waals surface area contributed by atoms with Crippen molar-refractivity contribution in [2.24, 2.45) is 0 Å². The van der Waals surface area contributed by atoms with Gasteiger partial charge in [-0.05, 0) is 18.6 Å². The Morgan fingerprint density at radius 2 is 2.14 bits per heavy atom. The standard InChI is InChI=1S/C10H17N3O/c1-3-4-7-13(2)10-6-5-9(8-14)11-12-10/h5-6,14H,3-4,7-8H2,1-2H3. The summed E-state index contributed by atoms with van der Waals surface area (Å²) in [5.41, 5.74) is 0.609. The zero-order valence-corrected chi connectivity index (χ0v) is 8.77. The van der Waals surface area contributed by atoms with Gasteiger partial charge in [0.05, 0.1) is 12.3 Å². The number of aliphatic hydroxyl groups excluding tert-OH is 1. The molecular formula is C10H17N3O. The fourth-order valence-corrected chi connectivity index (χ4v) is 1.15. The van der Waals surface area contributed by atoms with Crippen molar-refractivity contribution in [3.63, 3.8) is 0 Å². The molecule has 0 aliphatic rings. The number of anilines is 1. The van der Waals surface area contributed by atoms with Gasteiger partial charge in [0.25, 0.3) is 0 Å². The Hall–Kier alpha value is -1.16. The summed E-state index contributed by atoms with van der Waals surface area (Å²) in [5.74, 6) is 0.857. The minimum Gasteiger partial charge on any atom is -0.390 e. The lowest BCUT2D eigenvalue weighted by molar-refractivity contribution is 0.275. The molecule has 4 heteroatoms. The highest BCUT2D eigenvalue weighted by Crippen LogP contribution is 2.08. The molecule has 0 spiro atoms. The topological polar surface area (TPSA) is 49.2 Å². The first-order valence-corrected chi connectivity index (χ1v) is 4.92. The van der Waals surface area contributed by atoms with Crippen LogP contribution in [0.2, 0.25) is 0 Å². The minimum absolute atomic E-state index is 0.0496. The van der Waals surface area contributed by atoms with Gasteiger partial charge in [-0.1, -0.05) is 13.3 Å². The number of nitrogens with zero attached hydrogens (tertiary/aromatic N) is 3. The molecule has 78 valence electrons. The van der Waals surface area contributed by atoms with Crippen LogP contribution in [0, 0.1) is 0 Å². The number of rotatable bonds is 5.